The standard InChI is InChI=1S/C11H9F2N5OS/c12-7(13)10-17-18-11(20-10)16-9(19)6-3-4-14-8(15-6)5-1-2-5/h3-5,7H,1-2H2,(H,16,18,19). The summed E-state index contributed by atoms with van der Waals surface area (Å²) in [7, 11) is 0. The van der Waals surface area contributed by atoms with E-state index in [1.807, 2.05) is 0 Å². The molecule has 0 aromatic carbocycles. The van der Waals surface area contributed by atoms with Gasteiger partial charge in [-0.15, -0.1) is 10.2 Å². The molecule has 3 rings (SSSR count). The van der Waals surface area contributed by atoms with Crippen molar-refractivity contribution in [2.75, 3.05) is 5.32 Å². The Balaban J connectivity index is 1.73. The van der Waals surface area contributed by atoms with E-state index in [2.05, 4.69) is 25.5 Å². The highest BCUT2D eigenvalue weighted by Gasteiger charge is 2.27. The molecule has 1 N–H and O–H groups in total. The summed E-state index contributed by atoms with van der Waals surface area (Å²) >= 11 is 0.639. The maximum atomic E-state index is 12.4. The second-order valence-corrected chi connectivity index (χ2v) is 5.28. The van der Waals surface area contributed by atoms with Gasteiger partial charge in [0.2, 0.25) is 5.13 Å². The zero-order valence-corrected chi connectivity index (χ0v) is 10.9. The van der Waals surface area contributed by atoms with E-state index in [0.29, 0.717) is 23.1 Å². The number of amides is 1. The lowest BCUT2D eigenvalue weighted by molar-refractivity contribution is 0.102. The summed E-state index contributed by atoms with van der Waals surface area (Å²) in [6.07, 6.45) is 0.872. The number of aromatic nitrogens is 4. The lowest BCUT2D eigenvalue weighted by Crippen LogP contribution is -2.14. The number of hydrogen-bond acceptors (Lipinski definition) is 6. The number of hydrogen-bond donors (Lipinski definition) is 1. The predicted octanol–water partition coefficient (Wildman–Crippen LogP) is 2.40. The fourth-order valence-electron chi connectivity index (χ4n) is 1.57. The molecule has 1 aliphatic rings. The van der Waals surface area contributed by atoms with Crippen LogP contribution >= 0.6 is 11.3 Å². The SMILES string of the molecule is O=C(Nc1nnc(C(F)F)s1)c1ccnc(C2CC2)n1. The molecule has 0 saturated heterocycles. The number of anilines is 1. The summed E-state index contributed by atoms with van der Waals surface area (Å²) in [4.78, 5) is 20.2. The Hall–Kier alpha value is -2.03. The summed E-state index contributed by atoms with van der Waals surface area (Å²) in [5.74, 6) is 0.462. The maximum Gasteiger partial charge on any atom is 0.291 e. The number of carbonyl (C=O) groups is 1. The number of rotatable bonds is 4. The quantitative estimate of drug-likeness (QED) is 0.937. The molecule has 2 heterocycles. The van der Waals surface area contributed by atoms with Crippen molar-refractivity contribution in [1.29, 1.82) is 0 Å². The summed E-state index contributed by atoms with van der Waals surface area (Å²) in [6, 6.07) is 1.47. The normalized spacial score (nSPS) is 14.6. The first-order chi connectivity index (χ1) is 9.63. The third-order valence-corrected chi connectivity index (χ3v) is 3.54. The van der Waals surface area contributed by atoms with Gasteiger partial charge >= 0.3 is 0 Å². The van der Waals surface area contributed by atoms with E-state index in [9.17, 15) is 13.6 Å². The molecule has 20 heavy (non-hydrogen) atoms. The van der Waals surface area contributed by atoms with Gasteiger partial charge in [-0.2, -0.15) is 0 Å². The van der Waals surface area contributed by atoms with Crippen LogP contribution in [0.3, 0.4) is 0 Å². The molecule has 1 fully saturated rings. The molecule has 0 atom stereocenters. The first kappa shape index (κ1) is 13.0. The van der Waals surface area contributed by atoms with Crippen molar-refractivity contribution in [2.45, 2.75) is 25.2 Å². The molecule has 0 aliphatic heterocycles. The lowest BCUT2D eigenvalue weighted by Gasteiger charge is -2.02. The first-order valence-electron chi connectivity index (χ1n) is 5.89. The van der Waals surface area contributed by atoms with Crippen molar-refractivity contribution in [3.63, 3.8) is 0 Å². The topological polar surface area (TPSA) is 80.7 Å². The van der Waals surface area contributed by atoms with Gasteiger partial charge in [-0.3, -0.25) is 10.1 Å². The van der Waals surface area contributed by atoms with E-state index in [-0.39, 0.29) is 10.8 Å². The molecular formula is C11H9F2N5OS. The molecule has 6 nitrogen and oxygen atoms in total. The molecule has 0 spiro atoms. The Morgan fingerprint density at radius 1 is 1.40 bits per heavy atom. The molecule has 1 saturated carbocycles. The number of nitrogens with zero attached hydrogens (tertiary/aromatic N) is 4. The Bertz CT molecular complexity index is 643. The van der Waals surface area contributed by atoms with Crippen molar-refractivity contribution in [3.05, 3.63) is 28.8 Å². The number of nitrogens with one attached hydrogen (secondary N) is 1. The molecule has 1 amide bonds. The van der Waals surface area contributed by atoms with Crippen LogP contribution in [0.2, 0.25) is 0 Å². The van der Waals surface area contributed by atoms with Crippen molar-refractivity contribution >= 4 is 22.4 Å². The van der Waals surface area contributed by atoms with E-state index >= 15 is 0 Å². The third kappa shape index (κ3) is 2.77. The molecular weight excluding hydrogens is 288 g/mol. The van der Waals surface area contributed by atoms with Crippen molar-refractivity contribution in [3.8, 4) is 0 Å². The van der Waals surface area contributed by atoms with Gasteiger partial charge in [0.25, 0.3) is 12.3 Å². The fourth-order valence-corrected chi connectivity index (χ4v) is 2.17. The highest BCUT2D eigenvalue weighted by Crippen LogP contribution is 2.37. The van der Waals surface area contributed by atoms with Crippen LogP contribution < -0.4 is 5.32 Å². The van der Waals surface area contributed by atoms with Gasteiger partial charge < -0.3 is 0 Å². The fraction of sp³-hybridized carbons (Fsp3) is 0.364. The molecule has 2 aromatic heterocycles. The number of alkyl halides is 2. The van der Waals surface area contributed by atoms with E-state index in [1.54, 1.807) is 0 Å². The summed E-state index contributed by atoms with van der Waals surface area (Å²) in [6.45, 7) is 0. The average molecular weight is 297 g/mol. The van der Waals surface area contributed by atoms with Gasteiger partial charge in [0.05, 0.1) is 0 Å². The first-order valence-corrected chi connectivity index (χ1v) is 6.71. The third-order valence-electron chi connectivity index (χ3n) is 2.70. The van der Waals surface area contributed by atoms with Crippen LogP contribution in [0.4, 0.5) is 13.9 Å². The van der Waals surface area contributed by atoms with Gasteiger partial charge in [-0.1, -0.05) is 11.3 Å². The van der Waals surface area contributed by atoms with Crippen LogP contribution in [0.5, 0.6) is 0 Å². The van der Waals surface area contributed by atoms with Gasteiger partial charge in [0, 0.05) is 12.1 Å². The van der Waals surface area contributed by atoms with Crippen LogP contribution in [0.15, 0.2) is 12.3 Å². The Morgan fingerprint density at radius 3 is 2.85 bits per heavy atom. The van der Waals surface area contributed by atoms with Crippen LogP contribution in [0, 0.1) is 0 Å². The van der Waals surface area contributed by atoms with Gasteiger partial charge in [0.1, 0.15) is 11.5 Å². The Morgan fingerprint density at radius 2 is 2.20 bits per heavy atom. The largest absolute Gasteiger partial charge is 0.295 e. The highest BCUT2D eigenvalue weighted by molar-refractivity contribution is 7.15. The zero-order chi connectivity index (χ0) is 14.1. The van der Waals surface area contributed by atoms with Crippen LogP contribution in [0.1, 0.15) is 46.5 Å². The van der Waals surface area contributed by atoms with Crippen molar-refractivity contribution < 1.29 is 13.6 Å². The van der Waals surface area contributed by atoms with Gasteiger partial charge in [-0.05, 0) is 18.9 Å². The smallest absolute Gasteiger partial charge is 0.291 e. The van der Waals surface area contributed by atoms with Crippen LogP contribution in [0.25, 0.3) is 0 Å². The summed E-state index contributed by atoms with van der Waals surface area (Å²) in [5, 5.41) is 8.77. The molecule has 9 heteroatoms. The van der Waals surface area contributed by atoms with Crippen LogP contribution in [-0.2, 0) is 0 Å². The van der Waals surface area contributed by atoms with Crippen molar-refractivity contribution in [2.24, 2.45) is 0 Å². The summed E-state index contributed by atoms with van der Waals surface area (Å²) in [5.41, 5.74) is 0.190. The monoisotopic (exact) mass is 297 g/mol. The molecule has 1 aliphatic carbocycles. The number of carbonyl (C=O) groups excluding carboxylic acids is 1. The van der Waals surface area contributed by atoms with Gasteiger partial charge in [-0.25, -0.2) is 18.7 Å². The maximum absolute atomic E-state index is 12.4. The van der Waals surface area contributed by atoms with E-state index < -0.39 is 17.3 Å². The average Bonchev–Trinajstić information content (AvgIpc) is 3.19. The minimum absolute atomic E-state index is 0.0249. The predicted molar refractivity (Wildman–Crippen MR) is 66.8 cm³/mol. The van der Waals surface area contributed by atoms with Crippen LogP contribution in [-0.4, -0.2) is 26.1 Å². The Labute approximate surface area is 116 Å². The second kappa shape index (κ2) is 5.16. The molecule has 104 valence electrons. The zero-order valence-electron chi connectivity index (χ0n) is 10.1. The van der Waals surface area contributed by atoms with Crippen molar-refractivity contribution in [1.82, 2.24) is 20.2 Å². The lowest BCUT2D eigenvalue weighted by atomic mass is 10.3. The van der Waals surface area contributed by atoms with E-state index in [1.165, 1.54) is 12.3 Å². The second-order valence-electron chi connectivity index (χ2n) is 4.27. The van der Waals surface area contributed by atoms with E-state index in [0.717, 1.165) is 12.8 Å². The highest BCUT2D eigenvalue weighted by atomic mass is 32.1. The molecule has 0 unspecified atom stereocenters. The molecule has 2 aromatic rings. The minimum Gasteiger partial charge on any atom is -0.295 e. The molecule has 0 radical (unpaired) electrons. The molecule has 0 bridgehead atoms. The minimum atomic E-state index is -2.70. The number of halogens is 2. The Kier molecular flexibility index (Phi) is 3.35. The van der Waals surface area contributed by atoms with Gasteiger partial charge in [0.15, 0.2) is 5.01 Å². The summed E-state index contributed by atoms with van der Waals surface area (Å²) < 4.78 is 24.7. The van der Waals surface area contributed by atoms with E-state index in [4.69, 9.17) is 0 Å².